The molecular weight excluding hydrogens is 730 g/mol. The molecule has 5 rings (SSSR count). The molecule has 10 nitrogen and oxygen atoms in total. The lowest BCUT2D eigenvalue weighted by Gasteiger charge is -2.24. The molecule has 0 amide bonds. The van der Waals surface area contributed by atoms with Gasteiger partial charge in [-0.25, -0.2) is 9.79 Å². The number of hydrogen-bond donors (Lipinski definition) is 0. The van der Waals surface area contributed by atoms with Crippen LogP contribution in [0.1, 0.15) is 43.5 Å². The molecule has 4 aromatic rings. The van der Waals surface area contributed by atoms with Gasteiger partial charge in [0.1, 0.15) is 18.1 Å². The Balaban J connectivity index is 1.60. The number of rotatable bonds is 10. The number of hydrogen-bond acceptors (Lipinski definition) is 9. The number of nitrogens with zero attached hydrogens (tertiary/aromatic N) is 3. The van der Waals surface area contributed by atoms with Crippen LogP contribution in [0.15, 0.2) is 90.7 Å². The summed E-state index contributed by atoms with van der Waals surface area (Å²) in [6.45, 7) is 6.18. The molecule has 0 spiro atoms. The molecule has 0 N–H and O–H groups in total. The number of nitro benzene ring substituents is 1. The van der Waals surface area contributed by atoms with Gasteiger partial charge >= 0.3 is 5.97 Å². The molecule has 1 aliphatic heterocycles. The number of esters is 1. The predicted octanol–water partition coefficient (Wildman–Crippen LogP) is 6.21. The average Bonchev–Trinajstić information content (AvgIpc) is 3.30. The van der Waals surface area contributed by atoms with Crippen molar-refractivity contribution in [1.29, 1.82) is 0 Å². The van der Waals surface area contributed by atoms with Gasteiger partial charge in [-0.15, -0.1) is 0 Å². The summed E-state index contributed by atoms with van der Waals surface area (Å²) in [5.41, 5.74) is 2.48. The fourth-order valence-electron chi connectivity index (χ4n) is 4.87. The largest absolute Gasteiger partial charge is 0.494 e. The maximum absolute atomic E-state index is 14.1. The summed E-state index contributed by atoms with van der Waals surface area (Å²) in [5, 5.41) is 11.0. The van der Waals surface area contributed by atoms with Crippen LogP contribution in [0.25, 0.3) is 6.08 Å². The first-order chi connectivity index (χ1) is 21.6. The Kier molecular flexibility index (Phi) is 10.0. The number of nitro groups is 1. The molecule has 2 heterocycles. The maximum atomic E-state index is 14.1. The monoisotopic (exact) mass is 755 g/mol. The van der Waals surface area contributed by atoms with Crippen molar-refractivity contribution < 1.29 is 23.9 Å². The van der Waals surface area contributed by atoms with Crippen LogP contribution in [0.2, 0.25) is 0 Å². The molecule has 0 saturated carbocycles. The van der Waals surface area contributed by atoms with Gasteiger partial charge in [0.15, 0.2) is 4.80 Å². The number of non-ortho nitro benzene ring substituents is 1. The van der Waals surface area contributed by atoms with Crippen LogP contribution in [0.5, 0.6) is 11.5 Å². The normalized spacial score (nSPS) is 14.5. The molecule has 1 atom stereocenters. The van der Waals surface area contributed by atoms with Gasteiger partial charge in [0.05, 0.1) is 44.5 Å². The summed E-state index contributed by atoms with van der Waals surface area (Å²) in [7, 11) is 0. The molecule has 0 fully saturated rings. The Bertz CT molecular complexity index is 1980. The standard InChI is InChI=1S/C32H27Br2N3O7S/c1-4-42-24-12-8-20(9-13-24)28-27(31(39)43-5-2)18(3)35-32-36(28)30(38)26(45-32)15-21-14-22(33)16-25(34)29(21)44-17-19-6-10-23(11-7-19)37(40)41/h6-16,28H,4-5,17H2,1-3H3/b26-15-/t28-/m1/s1. The molecule has 0 saturated heterocycles. The van der Waals surface area contributed by atoms with Crippen LogP contribution in [0, 0.1) is 10.1 Å². The highest BCUT2D eigenvalue weighted by molar-refractivity contribution is 9.11. The van der Waals surface area contributed by atoms with Gasteiger partial charge in [0, 0.05) is 22.2 Å². The van der Waals surface area contributed by atoms with Crippen molar-refractivity contribution in [3.63, 3.8) is 0 Å². The highest BCUT2D eigenvalue weighted by Crippen LogP contribution is 2.35. The van der Waals surface area contributed by atoms with E-state index >= 15 is 0 Å². The summed E-state index contributed by atoms with van der Waals surface area (Å²) in [6, 6.07) is 16.3. The third-order valence-corrected chi connectivity index (χ3v) is 8.91. The third kappa shape index (κ3) is 6.95. The van der Waals surface area contributed by atoms with Crippen molar-refractivity contribution in [2.75, 3.05) is 13.2 Å². The number of ether oxygens (including phenoxy) is 3. The Morgan fingerprint density at radius 2 is 1.78 bits per heavy atom. The minimum atomic E-state index is -0.759. The zero-order chi connectivity index (χ0) is 32.2. The Morgan fingerprint density at radius 1 is 1.07 bits per heavy atom. The van der Waals surface area contributed by atoms with E-state index in [1.807, 2.05) is 31.2 Å². The minimum absolute atomic E-state index is 0.00970. The molecule has 1 aromatic heterocycles. The van der Waals surface area contributed by atoms with Crippen molar-refractivity contribution >= 4 is 60.9 Å². The van der Waals surface area contributed by atoms with E-state index in [2.05, 4.69) is 36.9 Å². The first-order valence-corrected chi connectivity index (χ1v) is 16.3. The zero-order valence-corrected chi connectivity index (χ0v) is 28.4. The molecule has 0 bridgehead atoms. The van der Waals surface area contributed by atoms with Crippen molar-refractivity contribution in [3.05, 3.63) is 127 Å². The molecule has 0 radical (unpaired) electrons. The molecule has 3 aromatic carbocycles. The van der Waals surface area contributed by atoms with Crippen molar-refractivity contribution in [2.24, 2.45) is 4.99 Å². The predicted molar refractivity (Wildman–Crippen MR) is 177 cm³/mol. The number of halogens is 2. The molecule has 1 aliphatic rings. The molecule has 0 unspecified atom stereocenters. The quantitative estimate of drug-likeness (QED) is 0.107. The van der Waals surface area contributed by atoms with Gasteiger partial charge in [0.2, 0.25) is 0 Å². The molecule has 232 valence electrons. The summed E-state index contributed by atoms with van der Waals surface area (Å²) in [5.74, 6) is 0.618. The van der Waals surface area contributed by atoms with Crippen LogP contribution in [0.4, 0.5) is 5.69 Å². The first kappa shape index (κ1) is 32.3. The number of aromatic nitrogens is 1. The molecular formula is C32H27Br2N3O7S. The zero-order valence-electron chi connectivity index (χ0n) is 24.4. The van der Waals surface area contributed by atoms with E-state index in [1.165, 1.54) is 28.0 Å². The number of thiazole rings is 1. The number of benzene rings is 3. The SMILES string of the molecule is CCOC(=O)C1=C(C)N=c2s/c(=C\c3cc(Br)cc(Br)c3OCc3ccc([N+](=O)[O-])cc3)c(=O)n2[C@@H]1c1ccc(OCC)cc1. The van der Waals surface area contributed by atoms with Crippen LogP contribution in [0.3, 0.4) is 0 Å². The van der Waals surface area contributed by atoms with Crippen LogP contribution in [-0.4, -0.2) is 28.7 Å². The summed E-state index contributed by atoms with van der Waals surface area (Å²) >= 11 is 8.29. The van der Waals surface area contributed by atoms with Gasteiger partial charge in [-0.1, -0.05) is 39.4 Å². The second-order valence-electron chi connectivity index (χ2n) is 9.82. The highest BCUT2D eigenvalue weighted by atomic mass is 79.9. The number of carbonyl (C=O) groups excluding carboxylic acids is 1. The second-order valence-corrected chi connectivity index (χ2v) is 12.6. The smallest absolute Gasteiger partial charge is 0.338 e. The average molecular weight is 757 g/mol. The topological polar surface area (TPSA) is 122 Å². The minimum Gasteiger partial charge on any atom is -0.494 e. The summed E-state index contributed by atoms with van der Waals surface area (Å²) < 4.78 is 20.4. The highest BCUT2D eigenvalue weighted by Gasteiger charge is 2.33. The Morgan fingerprint density at radius 3 is 2.42 bits per heavy atom. The van der Waals surface area contributed by atoms with E-state index in [1.54, 1.807) is 44.2 Å². The van der Waals surface area contributed by atoms with Crippen molar-refractivity contribution in [2.45, 2.75) is 33.4 Å². The van der Waals surface area contributed by atoms with Gasteiger partial charge in [0.25, 0.3) is 11.2 Å². The van der Waals surface area contributed by atoms with Gasteiger partial charge < -0.3 is 14.2 Å². The Labute approximate surface area is 278 Å². The van der Waals surface area contributed by atoms with Gasteiger partial charge in [-0.3, -0.25) is 19.5 Å². The number of fused-ring (bicyclic) bond motifs is 1. The van der Waals surface area contributed by atoms with Crippen LogP contribution < -0.4 is 24.4 Å². The van der Waals surface area contributed by atoms with Crippen molar-refractivity contribution in [3.8, 4) is 11.5 Å². The summed E-state index contributed by atoms with van der Waals surface area (Å²) in [4.78, 5) is 43.0. The second kappa shape index (κ2) is 13.9. The lowest BCUT2D eigenvalue weighted by molar-refractivity contribution is -0.384. The van der Waals surface area contributed by atoms with Gasteiger partial charge in [-0.05, 0) is 90.3 Å². The van der Waals surface area contributed by atoms with E-state index < -0.39 is 16.9 Å². The van der Waals surface area contributed by atoms with E-state index in [0.717, 1.165) is 10.0 Å². The number of carbonyl (C=O) groups is 1. The van der Waals surface area contributed by atoms with E-state index in [-0.39, 0.29) is 30.0 Å². The molecule has 45 heavy (non-hydrogen) atoms. The van der Waals surface area contributed by atoms with Crippen LogP contribution in [-0.2, 0) is 16.1 Å². The van der Waals surface area contributed by atoms with Gasteiger partial charge in [-0.2, -0.15) is 0 Å². The maximum Gasteiger partial charge on any atom is 0.338 e. The third-order valence-electron chi connectivity index (χ3n) is 6.88. The summed E-state index contributed by atoms with van der Waals surface area (Å²) in [6.07, 6.45) is 1.73. The fraction of sp³-hybridized carbons (Fsp3) is 0.219. The molecule has 13 heteroatoms. The lowest BCUT2D eigenvalue weighted by Crippen LogP contribution is -2.39. The molecule has 0 aliphatic carbocycles. The number of allylic oxidation sites excluding steroid dienone is 1. The van der Waals surface area contributed by atoms with Crippen LogP contribution >= 0.6 is 43.2 Å². The van der Waals surface area contributed by atoms with Crippen molar-refractivity contribution in [1.82, 2.24) is 4.57 Å². The van der Waals surface area contributed by atoms with E-state index in [4.69, 9.17) is 14.2 Å². The first-order valence-electron chi connectivity index (χ1n) is 13.9. The van der Waals surface area contributed by atoms with E-state index in [9.17, 15) is 19.7 Å². The Hall–Kier alpha value is -4.07. The lowest BCUT2D eigenvalue weighted by atomic mass is 9.96. The fourth-order valence-corrected chi connectivity index (χ4v) is 7.28. The van der Waals surface area contributed by atoms with E-state index in [0.29, 0.717) is 48.7 Å².